The summed E-state index contributed by atoms with van der Waals surface area (Å²) in [5, 5.41) is 7.82. The maximum absolute atomic E-state index is 12.6. The Morgan fingerprint density at radius 2 is 1.73 bits per heavy atom. The molecule has 30 heavy (non-hydrogen) atoms. The van der Waals surface area contributed by atoms with E-state index >= 15 is 0 Å². The second-order valence-electron chi connectivity index (χ2n) is 6.77. The summed E-state index contributed by atoms with van der Waals surface area (Å²) in [6.07, 6.45) is -3.98. The maximum Gasteiger partial charge on any atom is 0.434 e. The third kappa shape index (κ3) is 7.95. The van der Waals surface area contributed by atoms with Crippen LogP contribution in [0.3, 0.4) is 0 Å². The summed E-state index contributed by atoms with van der Waals surface area (Å²) in [5.74, 6) is 0.636. The number of nitrogens with zero attached hydrogens (tertiary/aromatic N) is 3. The highest BCUT2D eigenvalue weighted by atomic mass is 32.1. The molecule has 0 radical (unpaired) electrons. The summed E-state index contributed by atoms with van der Waals surface area (Å²) >= 11 is 1.03. The van der Waals surface area contributed by atoms with Gasteiger partial charge in [0.1, 0.15) is 0 Å². The monoisotopic (exact) mass is 441 g/mol. The number of aliphatic imine (C=N–C) groups is 1. The summed E-state index contributed by atoms with van der Waals surface area (Å²) in [5.41, 5.74) is 1.55. The quantitative estimate of drug-likeness (QED) is 0.426. The highest BCUT2D eigenvalue weighted by Gasteiger charge is 2.33. The van der Waals surface area contributed by atoms with Gasteiger partial charge in [0.15, 0.2) is 11.7 Å². The first-order valence-electron chi connectivity index (χ1n) is 10.2. The van der Waals surface area contributed by atoms with Gasteiger partial charge in [-0.2, -0.15) is 13.2 Å². The molecule has 0 aliphatic rings. The van der Waals surface area contributed by atoms with E-state index in [1.807, 2.05) is 6.92 Å². The zero-order valence-corrected chi connectivity index (χ0v) is 18.5. The SMILES string of the molecule is CCNC(=NCc1ccc(CN(CC)CC)cc1)NCCc1nc(C(F)(F)F)cs1. The predicted octanol–water partition coefficient (Wildman–Crippen LogP) is 4.30. The zero-order valence-electron chi connectivity index (χ0n) is 17.7. The fourth-order valence-electron chi connectivity index (χ4n) is 2.81. The van der Waals surface area contributed by atoms with E-state index in [1.165, 1.54) is 5.56 Å². The molecule has 1 heterocycles. The minimum absolute atomic E-state index is 0.408. The molecule has 5 nitrogen and oxygen atoms in total. The van der Waals surface area contributed by atoms with Crippen LogP contribution in [0.15, 0.2) is 34.6 Å². The van der Waals surface area contributed by atoms with Gasteiger partial charge in [-0.05, 0) is 31.1 Å². The number of halogens is 3. The van der Waals surface area contributed by atoms with Gasteiger partial charge in [0.25, 0.3) is 0 Å². The van der Waals surface area contributed by atoms with Crippen molar-refractivity contribution in [2.75, 3.05) is 26.2 Å². The number of thiazole rings is 1. The summed E-state index contributed by atoms with van der Waals surface area (Å²) in [6.45, 7) is 11.0. The first-order chi connectivity index (χ1) is 14.4. The Kier molecular flexibility index (Phi) is 9.58. The molecule has 0 atom stereocenters. The molecule has 0 spiro atoms. The minimum atomic E-state index is -4.39. The van der Waals surface area contributed by atoms with Gasteiger partial charge in [-0.15, -0.1) is 11.3 Å². The predicted molar refractivity (Wildman–Crippen MR) is 117 cm³/mol. The Morgan fingerprint density at radius 1 is 1.07 bits per heavy atom. The van der Waals surface area contributed by atoms with Crippen molar-refractivity contribution < 1.29 is 13.2 Å². The Morgan fingerprint density at radius 3 is 2.30 bits per heavy atom. The first-order valence-corrected chi connectivity index (χ1v) is 11.1. The number of nitrogens with one attached hydrogen (secondary N) is 2. The lowest BCUT2D eigenvalue weighted by Crippen LogP contribution is -2.38. The molecule has 0 saturated carbocycles. The minimum Gasteiger partial charge on any atom is -0.357 e. The lowest BCUT2D eigenvalue weighted by Gasteiger charge is -2.18. The molecule has 0 amide bonds. The fraction of sp³-hybridized carbons (Fsp3) is 0.524. The molecule has 166 valence electrons. The Bertz CT molecular complexity index is 783. The van der Waals surface area contributed by atoms with E-state index in [9.17, 15) is 13.2 Å². The molecule has 2 rings (SSSR count). The zero-order chi connectivity index (χ0) is 22.0. The van der Waals surface area contributed by atoms with Crippen molar-refractivity contribution in [1.82, 2.24) is 20.5 Å². The Hall–Kier alpha value is -2.13. The van der Waals surface area contributed by atoms with Crippen molar-refractivity contribution in [2.24, 2.45) is 4.99 Å². The number of aromatic nitrogens is 1. The van der Waals surface area contributed by atoms with Crippen LogP contribution >= 0.6 is 11.3 Å². The van der Waals surface area contributed by atoms with Gasteiger partial charge in [-0.1, -0.05) is 38.1 Å². The van der Waals surface area contributed by atoms with Crippen LogP contribution in [0, 0.1) is 0 Å². The molecule has 1 aromatic carbocycles. The van der Waals surface area contributed by atoms with Gasteiger partial charge >= 0.3 is 6.18 Å². The Labute approximate surface area is 180 Å². The van der Waals surface area contributed by atoms with Gasteiger partial charge in [0, 0.05) is 31.4 Å². The van der Waals surface area contributed by atoms with Crippen LogP contribution in [0.2, 0.25) is 0 Å². The van der Waals surface area contributed by atoms with E-state index in [0.29, 0.717) is 37.0 Å². The largest absolute Gasteiger partial charge is 0.434 e. The summed E-state index contributed by atoms with van der Waals surface area (Å²) in [4.78, 5) is 10.6. The van der Waals surface area contributed by atoms with Gasteiger partial charge < -0.3 is 10.6 Å². The number of guanidine groups is 1. The van der Waals surface area contributed by atoms with E-state index < -0.39 is 11.9 Å². The van der Waals surface area contributed by atoms with Crippen LogP contribution in [0.1, 0.15) is 42.6 Å². The molecule has 0 aliphatic heterocycles. The lowest BCUT2D eigenvalue weighted by atomic mass is 10.1. The molecule has 0 unspecified atom stereocenters. The number of hydrogen-bond donors (Lipinski definition) is 2. The molecule has 2 N–H and O–H groups in total. The molecule has 0 aliphatic carbocycles. The van der Waals surface area contributed by atoms with Crippen LogP contribution in [0.25, 0.3) is 0 Å². The van der Waals surface area contributed by atoms with Crippen molar-refractivity contribution in [2.45, 2.75) is 46.5 Å². The van der Waals surface area contributed by atoms with Gasteiger partial charge in [0.2, 0.25) is 0 Å². The van der Waals surface area contributed by atoms with E-state index in [1.54, 1.807) is 0 Å². The van der Waals surface area contributed by atoms with Crippen molar-refractivity contribution in [3.63, 3.8) is 0 Å². The van der Waals surface area contributed by atoms with Crippen LogP contribution in [-0.4, -0.2) is 42.0 Å². The number of alkyl halides is 3. The average Bonchev–Trinajstić information content (AvgIpc) is 3.20. The molecule has 9 heteroatoms. The van der Waals surface area contributed by atoms with Crippen molar-refractivity contribution in [3.05, 3.63) is 51.5 Å². The van der Waals surface area contributed by atoms with Gasteiger partial charge in [-0.25, -0.2) is 9.98 Å². The highest BCUT2D eigenvalue weighted by molar-refractivity contribution is 7.09. The van der Waals surface area contributed by atoms with E-state index in [2.05, 4.69) is 63.6 Å². The van der Waals surface area contributed by atoms with E-state index in [4.69, 9.17) is 0 Å². The molecule has 0 bridgehead atoms. The second-order valence-corrected chi connectivity index (χ2v) is 7.72. The average molecular weight is 442 g/mol. The highest BCUT2D eigenvalue weighted by Crippen LogP contribution is 2.29. The topological polar surface area (TPSA) is 52.6 Å². The molecular formula is C21H30F3N5S. The molecular weight excluding hydrogens is 411 g/mol. The normalized spacial score (nSPS) is 12.4. The molecule has 0 fully saturated rings. The third-order valence-electron chi connectivity index (χ3n) is 4.56. The van der Waals surface area contributed by atoms with Gasteiger partial charge in [-0.3, -0.25) is 4.90 Å². The number of rotatable bonds is 10. The fourth-order valence-corrected chi connectivity index (χ4v) is 3.62. The summed E-state index contributed by atoms with van der Waals surface area (Å²) in [7, 11) is 0. The van der Waals surface area contributed by atoms with Crippen LogP contribution in [0.5, 0.6) is 0 Å². The summed E-state index contributed by atoms with van der Waals surface area (Å²) < 4.78 is 37.9. The van der Waals surface area contributed by atoms with Crippen molar-refractivity contribution >= 4 is 17.3 Å². The van der Waals surface area contributed by atoms with Crippen LogP contribution in [-0.2, 0) is 25.7 Å². The van der Waals surface area contributed by atoms with Gasteiger partial charge in [0.05, 0.1) is 11.6 Å². The lowest BCUT2D eigenvalue weighted by molar-refractivity contribution is -0.140. The van der Waals surface area contributed by atoms with Crippen molar-refractivity contribution in [1.29, 1.82) is 0 Å². The number of benzene rings is 1. The van der Waals surface area contributed by atoms with Crippen LogP contribution in [0.4, 0.5) is 13.2 Å². The maximum atomic E-state index is 12.6. The number of hydrogen-bond acceptors (Lipinski definition) is 4. The second kappa shape index (κ2) is 11.9. The summed E-state index contributed by atoms with van der Waals surface area (Å²) in [6, 6.07) is 8.43. The van der Waals surface area contributed by atoms with Crippen LogP contribution < -0.4 is 10.6 Å². The molecule has 0 saturated heterocycles. The molecule has 1 aromatic heterocycles. The standard InChI is InChI=1S/C21H30F3N5S/c1-4-25-20(26-12-11-19-28-18(15-30-19)21(22,23)24)27-13-16-7-9-17(10-8-16)14-29(5-2)6-3/h7-10,15H,4-6,11-14H2,1-3H3,(H2,25,26,27). The Balaban J connectivity index is 1.87. The smallest absolute Gasteiger partial charge is 0.357 e. The van der Waals surface area contributed by atoms with E-state index in [0.717, 1.165) is 41.9 Å². The van der Waals surface area contributed by atoms with Crippen molar-refractivity contribution in [3.8, 4) is 0 Å². The first kappa shape index (κ1) is 24.1. The third-order valence-corrected chi connectivity index (χ3v) is 5.47. The van der Waals surface area contributed by atoms with E-state index in [-0.39, 0.29) is 0 Å². The molecule has 2 aromatic rings.